The van der Waals surface area contributed by atoms with Crippen molar-refractivity contribution in [1.29, 1.82) is 10.5 Å². The van der Waals surface area contributed by atoms with Crippen LogP contribution in [0.1, 0.15) is 34.9 Å². The van der Waals surface area contributed by atoms with E-state index in [0.29, 0.717) is 16.8 Å². The number of allylic oxidation sites excluding steroid dienone is 3. The van der Waals surface area contributed by atoms with Crippen molar-refractivity contribution in [2.24, 2.45) is 0 Å². The number of benzene rings is 1. The quantitative estimate of drug-likeness (QED) is 0.793. The predicted molar refractivity (Wildman–Crippen MR) is 105 cm³/mol. The molecule has 2 aromatic rings. The normalized spacial score (nSPS) is 14.2. The lowest BCUT2D eigenvalue weighted by Crippen LogP contribution is -2.03. The fourth-order valence-electron chi connectivity index (χ4n) is 3.13. The molecule has 2 N–H and O–H groups in total. The van der Waals surface area contributed by atoms with E-state index in [-0.39, 0.29) is 5.82 Å². The van der Waals surface area contributed by atoms with Gasteiger partial charge in [-0.1, -0.05) is 6.07 Å². The minimum Gasteiger partial charge on any atom is -0.496 e. The van der Waals surface area contributed by atoms with Crippen LogP contribution in [-0.4, -0.2) is 12.1 Å². The summed E-state index contributed by atoms with van der Waals surface area (Å²) >= 11 is 3.49. The molecule has 0 unspecified atom stereocenters. The molecule has 6 heteroatoms. The smallest absolute Gasteiger partial charge is 0.142 e. The van der Waals surface area contributed by atoms with E-state index in [1.54, 1.807) is 7.11 Å². The van der Waals surface area contributed by atoms with Gasteiger partial charge in [0.15, 0.2) is 0 Å². The van der Waals surface area contributed by atoms with Gasteiger partial charge in [0.1, 0.15) is 23.7 Å². The molecular weight excluding hydrogens is 392 g/mol. The van der Waals surface area contributed by atoms with Crippen molar-refractivity contribution in [3.05, 3.63) is 56.2 Å². The zero-order chi connectivity index (χ0) is 19.0. The zero-order valence-corrected chi connectivity index (χ0v) is 16.1. The first-order chi connectivity index (χ1) is 12.4. The van der Waals surface area contributed by atoms with Crippen molar-refractivity contribution in [3.63, 3.8) is 0 Å². The van der Waals surface area contributed by atoms with Gasteiger partial charge < -0.3 is 10.5 Å². The van der Waals surface area contributed by atoms with Crippen molar-refractivity contribution in [3.8, 4) is 17.9 Å². The van der Waals surface area contributed by atoms with Crippen LogP contribution in [0.5, 0.6) is 5.75 Å². The van der Waals surface area contributed by atoms with Crippen LogP contribution in [0.2, 0.25) is 0 Å². The molecule has 0 fully saturated rings. The van der Waals surface area contributed by atoms with Crippen molar-refractivity contribution < 1.29 is 4.74 Å². The predicted octanol–water partition coefficient (Wildman–Crippen LogP) is 4.47. The molecule has 0 atom stereocenters. The lowest BCUT2D eigenvalue weighted by Gasteiger charge is -2.11. The number of aromatic nitrogens is 1. The molecule has 0 aliphatic heterocycles. The summed E-state index contributed by atoms with van der Waals surface area (Å²) in [4.78, 5) is 4.33. The topological polar surface area (TPSA) is 95.7 Å². The second kappa shape index (κ2) is 6.67. The first kappa shape index (κ1) is 17.7. The third-order valence-electron chi connectivity index (χ3n) is 4.47. The van der Waals surface area contributed by atoms with Gasteiger partial charge in [0.25, 0.3) is 0 Å². The molecular formula is C20H15BrN4O. The minimum absolute atomic E-state index is 0.151. The number of anilines is 1. The Morgan fingerprint density at radius 2 is 1.96 bits per heavy atom. The van der Waals surface area contributed by atoms with Gasteiger partial charge in [-0.3, -0.25) is 0 Å². The van der Waals surface area contributed by atoms with Gasteiger partial charge in [-0.05, 0) is 70.3 Å². The van der Waals surface area contributed by atoms with Crippen molar-refractivity contribution in [2.75, 3.05) is 12.8 Å². The Bertz CT molecular complexity index is 1080. The number of rotatable bonds is 2. The van der Waals surface area contributed by atoms with E-state index >= 15 is 0 Å². The molecule has 1 aliphatic rings. The molecule has 1 aliphatic carbocycles. The molecule has 1 heterocycles. The van der Waals surface area contributed by atoms with E-state index in [1.165, 1.54) is 0 Å². The molecule has 0 saturated heterocycles. The molecule has 0 spiro atoms. The highest BCUT2D eigenvalue weighted by atomic mass is 79.9. The number of nitrogen functional groups attached to an aromatic ring is 1. The third kappa shape index (κ3) is 2.65. The maximum absolute atomic E-state index is 9.58. The summed E-state index contributed by atoms with van der Waals surface area (Å²) in [5, 5.41) is 19.0. The number of pyridine rings is 1. The van der Waals surface area contributed by atoms with Gasteiger partial charge >= 0.3 is 0 Å². The van der Waals surface area contributed by atoms with Crippen LogP contribution in [0, 0.1) is 29.6 Å². The Morgan fingerprint density at radius 3 is 2.54 bits per heavy atom. The molecule has 3 rings (SSSR count). The number of nitrogens with two attached hydrogens (primary N) is 1. The highest BCUT2D eigenvalue weighted by molar-refractivity contribution is 9.10. The maximum Gasteiger partial charge on any atom is 0.142 e. The lowest BCUT2D eigenvalue weighted by molar-refractivity contribution is 0.412. The Kier molecular flexibility index (Phi) is 4.54. The number of hydrogen-bond acceptors (Lipinski definition) is 5. The summed E-state index contributed by atoms with van der Waals surface area (Å²) in [6.45, 7) is 3.72. The van der Waals surface area contributed by atoms with E-state index in [2.05, 4.69) is 33.1 Å². The number of nitrogens with zero attached hydrogens (tertiary/aromatic N) is 3. The van der Waals surface area contributed by atoms with E-state index in [9.17, 15) is 10.5 Å². The fraction of sp³-hybridized carbons (Fsp3) is 0.150. The second-order valence-electron chi connectivity index (χ2n) is 5.90. The van der Waals surface area contributed by atoms with Crippen LogP contribution >= 0.6 is 15.9 Å². The second-order valence-corrected chi connectivity index (χ2v) is 6.75. The molecule has 1 aromatic carbocycles. The van der Waals surface area contributed by atoms with Crippen molar-refractivity contribution in [1.82, 2.24) is 4.98 Å². The van der Waals surface area contributed by atoms with E-state index in [1.807, 2.05) is 38.1 Å². The summed E-state index contributed by atoms with van der Waals surface area (Å²) < 4.78 is 6.10. The maximum atomic E-state index is 9.58. The number of ether oxygens (including phenoxy) is 1. The first-order valence-electron chi connectivity index (χ1n) is 7.80. The molecule has 0 saturated carbocycles. The zero-order valence-electron chi connectivity index (χ0n) is 14.5. The molecule has 26 heavy (non-hydrogen) atoms. The first-order valence-corrected chi connectivity index (χ1v) is 8.59. The largest absolute Gasteiger partial charge is 0.496 e. The summed E-state index contributed by atoms with van der Waals surface area (Å²) in [7, 11) is 1.61. The van der Waals surface area contributed by atoms with Crippen LogP contribution in [0.15, 0.2) is 28.2 Å². The Balaban J connectivity index is 2.28. The molecule has 0 radical (unpaired) electrons. The van der Waals surface area contributed by atoms with Gasteiger partial charge in [0.2, 0.25) is 0 Å². The fourth-order valence-corrected chi connectivity index (χ4v) is 3.69. The van der Waals surface area contributed by atoms with Gasteiger partial charge in [-0.2, -0.15) is 10.5 Å². The number of halogens is 1. The van der Waals surface area contributed by atoms with Crippen LogP contribution in [0.25, 0.3) is 17.2 Å². The Hall–Kier alpha value is -3.09. The molecule has 128 valence electrons. The Morgan fingerprint density at radius 1 is 1.23 bits per heavy atom. The monoisotopic (exact) mass is 406 g/mol. The van der Waals surface area contributed by atoms with E-state index in [0.717, 1.165) is 38.1 Å². The number of fused-ring (bicyclic) bond motifs is 1. The summed E-state index contributed by atoms with van der Waals surface area (Å²) in [6, 6.07) is 10.1. The third-order valence-corrected chi connectivity index (χ3v) is 5.09. The van der Waals surface area contributed by atoms with Gasteiger partial charge in [-0.15, -0.1) is 0 Å². The summed E-state index contributed by atoms with van der Waals surface area (Å²) in [5.74, 6) is 0.888. The Labute approximate surface area is 160 Å². The molecule has 1 aromatic heterocycles. The van der Waals surface area contributed by atoms with Gasteiger partial charge in [-0.25, -0.2) is 4.98 Å². The van der Waals surface area contributed by atoms with Crippen LogP contribution in [0.3, 0.4) is 0 Å². The highest BCUT2D eigenvalue weighted by Gasteiger charge is 2.29. The molecule has 0 bridgehead atoms. The van der Waals surface area contributed by atoms with E-state index in [4.69, 9.17) is 10.5 Å². The number of hydrogen-bond donors (Lipinski definition) is 1. The van der Waals surface area contributed by atoms with Crippen LogP contribution in [0.4, 0.5) is 5.82 Å². The van der Waals surface area contributed by atoms with Crippen LogP contribution < -0.4 is 10.5 Å². The minimum atomic E-state index is 0.151. The summed E-state index contributed by atoms with van der Waals surface area (Å²) in [5.41, 5.74) is 11.4. The van der Waals surface area contributed by atoms with E-state index < -0.39 is 0 Å². The SMILES string of the molecule is COc1ccc(C=C2C(C)=C(C#N)c3nc(N)c(C#N)c(C)c32)cc1Br. The average molecular weight is 407 g/mol. The number of nitriles is 2. The standard InChI is InChI=1S/C20H15BrN4O/c1-10-13(6-12-4-5-17(26-3)16(21)7-12)18-11(2)15(9-23)20(24)25-19(18)14(10)8-22/h4-7H,1-3H3,(H2,24,25). The van der Waals surface area contributed by atoms with Gasteiger partial charge in [0, 0.05) is 5.56 Å². The van der Waals surface area contributed by atoms with Gasteiger partial charge in [0.05, 0.1) is 28.4 Å². The highest BCUT2D eigenvalue weighted by Crippen LogP contribution is 2.44. The number of methoxy groups -OCH3 is 1. The lowest BCUT2D eigenvalue weighted by atomic mass is 9.95. The molecule has 0 amide bonds. The van der Waals surface area contributed by atoms with Crippen molar-refractivity contribution in [2.45, 2.75) is 13.8 Å². The van der Waals surface area contributed by atoms with Crippen LogP contribution in [-0.2, 0) is 0 Å². The van der Waals surface area contributed by atoms with Crippen molar-refractivity contribution >= 4 is 39.0 Å². The summed E-state index contributed by atoms with van der Waals surface area (Å²) in [6.07, 6.45) is 1.98. The molecule has 5 nitrogen and oxygen atoms in total. The average Bonchev–Trinajstić information content (AvgIpc) is 2.86.